The van der Waals surface area contributed by atoms with Gasteiger partial charge in [0.15, 0.2) is 0 Å². The average Bonchev–Trinajstić information content (AvgIpc) is 2.31. The SMILES string of the molecule is CCCNC/C(=C/c1c(C)cccc1C)C(C)C. The highest BCUT2D eigenvalue weighted by Gasteiger charge is 2.06. The lowest BCUT2D eigenvalue weighted by molar-refractivity contribution is 0.657. The lowest BCUT2D eigenvalue weighted by Gasteiger charge is -2.14. The first kappa shape index (κ1) is 15.0. The predicted octanol–water partition coefficient (Wildman–Crippen LogP) is 4.34. The first-order valence-corrected chi connectivity index (χ1v) is 7.03. The van der Waals surface area contributed by atoms with Crippen LogP contribution in [0.3, 0.4) is 0 Å². The van der Waals surface area contributed by atoms with Gasteiger partial charge in [-0.2, -0.15) is 0 Å². The van der Waals surface area contributed by atoms with Crippen LogP contribution in [-0.4, -0.2) is 13.1 Å². The van der Waals surface area contributed by atoms with Crippen LogP contribution < -0.4 is 5.32 Å². The Kier molecular flexibility index (Phi) is 6.14. The van der Waals surface area contributed by atoms with E-state index < -0.39 is 0 Å². The van der Waals surface area contributed by atoms with E-state index >= 15 is 0 Å². The van der Waals surface area contributed by atoms with Crippen LogP contribution in [0.5, 0.6) is 0 Å². The molecule has 1 aromatic rings. The first-order chi connectivity index (χ1) is 8.56. The van der Waals surface area contributed by atoms with Crippen LogP contribution in [0.2, 0.25) is 0 Å². The van der Waals surface area contributed by atoms with Crippen molar-refractivity contribution in [1.29, 1.82) is 0 Å². The highest BCUT2D eigenvalue weighted by atomic mass is 14.8. The van der Waals surface area contributed by atoms with Crippen LogP contribution in [0.4, 0.5) is 0 Å². The van der Waals surface area contributed by atoms with Crippen molar-refractivity contribution < 1.29 is 0 Å². The molecular weight excluding hydrogens is 218 g/mol. The molecule has 0 aliphatic heterocycles. The third-order valence-electron chi connectivity index (χ3n) is 3.37. The molecule has 0 aliphatic carbocycles. The van der Waals surface area contributed by atoms with Crippen molar-refractivity contribution in [2.75, 3.05) is 13.1 Å². The summed E-state index contributed by atoms with van der Waals surface area (Å²) in [5, 5.41) is 3.51. The van der Waals surface area contributed by atoms with Crippen LogP contribution >= 0.6 is 0 Å². The average molecular weight is 245 g/mol. The molecule has 0 heterocycles. The fraction of sp³-hybridized carbons (Fsp3) is 0.529. The molecule has 1 rings (SSSR count). The van der Waals surface area contributed by atoms with Crippen molar-refractivity contribution in [2.45, 2.75) is 41.0 Å². The Morgan fingerprint density at radius 3 is 2.33 bits per heavy atom. The van der Waals surface area contributed by atoms with Gasteiger partial charge in [0.05, 0.1) is 0 Å². The Labute approximate surface area is 112 Å². The van der Waals surface area contributed by atoms with Gasteiger partial charge in [-0.05, 0) is 49.4 Å². The summed E-state index contributed by atoms with van der Waals surface area (Å²) in [5.41, 5.74) is 5.60. The monoisotopic (exact) mass is 245 g/mol. The zero-order valence-electron chi connectivity index (χ0n) is 12.5. The Balaban J connectivity index is 2.93. The molecule has 1 nitrogen and oxygen atoms in total. The summed E-state index contributed by atoms with van der Waals surface area (Å²) in [6.45, 7) is 13.2. The van der Waals surface area contributed by atoms with Gasteiger partial charge in [0.1, 0.15) is 0 Å². The standard InChI is InChI=1S/C17H27N/c1-6-10-18-12-16(13(2)3)11-17-14(4)8-7-9-15(17)5/h7-9,11,13,18H,6,10,12H2,1-5H3/b16-11-. The molecule has 0 amide bonds. The Morgan fingerprint density at radius 2 is 1.83 bits per heavy atom. The molecule has 0 atom stereocenters. The molecule has 0 fully saturated rings. The lowest BCUT2D eigenvalue weighted by Crippen LogP contribution is -2.20. The third kappa shape index (κ3) is 4.30. The Morgan fingerprint density at radius 1 is 1.22 bits per heavy atom. The number of benzene rings is 1. The zero-order valence-corrected chi connectivity index (χ0v) is 12.5. The number of hydrogen-bond acceptors (Lipinski definition) is 1. The van der Waals surface area contributed by atoms with E-state index in [1.807, 2.05) is 0 Å². The van der Waals surface area contributed by atoms with Gasteiger partial charge in [-0.25, -0.2) is 0 Å². The minimum absolute atomic E-state index is 0.591. The minimum atomic E-state index is 0.591. The molecule has 0 saturated heterocycles. The molecule has 1 aromatic carbocycles. The Hall–Kier alpha value is -1.08. The van der Waals surface area contributed by atoms with Crippen molar-refractivity contribution in [2.24, 2.45) is 5.92 Å². The van der Waals surface area contributed by atoms with Crippen LogP contribution in [0.15, 0.2) is 23.8 Å². The second kappa shape index (κ2) is 7.38. The van der Waals surface area contributed by atoms with E-state index in [1.54, 1.807) is 0 Å². The molecular formula is C17H27N. The third-order valence-corrected chi connectivity index (χ3v) is 3.37. The van der Waals surface area contributed by atoms with Gasteiger partial charge in [-0.1, -0.05) is 50.6 Å². The second-order valence-electron chi connectivity index (χ2n) is 5.36. The minimum Gasteiger partial charge on any atom is -0.313 e. The van der Waals surface area contributed by atoms with Crippen molar-refractivity contribution in [1.82, 2.24) is 5.32 Å². The smallest absolute Gasteiger partial charge is 0.0170 e. The largest absolute Gasteiger partial charge is 0.313 e. The lowest BCUT2D eigenvalue weighted by atomic mass is 9.95. The number of aryl methyl sites for hydroxylation is 2. The predicted molar refractivity (Wildman–Crippen MR) is 81.9 cm³/mol. The van der Waals surface area contributed by atoms with E-state index in [1.165, 1.54) is 28.7 Å². The summed E-state index contributed by atoms with van der Waals surface area (Å²) < 4.78 is 0. The zero-order chi connectivity index (χ0) is 13.5. The molecule has 0 saturated carbocycles. The molecule has 18 heavy (non-hydrogen) atoms. The second-order valence-corrected chi connectivity index (χ2v) is 5.36. The number of rotatable bonds is 6. The van der Waals surface area contributed by atoms with Crippen molar-refractivity contribution >= 4 is 6.08 Å². The maximum Gasteiger partial charge on any atom is 0.0170 e. The highest BCUT2D eigenvalue weighted by molar-refractivity contribution is 5.60. The van der Waals surface area contributed by atoms with Gasteiger partial charge >= 0.3 is 0 Å². The maximum absolute atomic E-state index is 3.51. The summed E-state index contributed by atoms with van der Waals surface area (Å²) in [6.07, 6.45) is 3.56. The summed E-state index contributed by atoms with van der Waals surface area (Å²) in [5.74, 6) is 0.591. The van der Waals surface area contributed by atoms with Gasteiger partial charge in [0, 0.05) is 6.54 Å². The molecule has 0 aliphatic rings. The summed E-state index contributed by atoms with van der Waals surface area (Å²) in [6, 6.07) is 6.51. The van der Waals surface area contributed by atoms with E-state index in [9.17, 15) is 0 Å². The van der Waals surface area contributed by atoms with Gasteiger partial charge in [0.2, 0.25) is 0 Å². The fourth-order valence-electron chi connectivity index (χ4n) is 2.07. The van der Waals surface area contributed by atoms with Gasteiger partial charge in [0.25, 0.3) is 0 Å². The van der Waals surface area contributed by atoms with Gasteiger partial charge in [-0.3, -0.25) is 0 Å². The fourth-order valence-corrected chi connectivity index (χ4v) is 2.07. The molecule has 0 radical (unpaired) electrons. The van der Waals surface area contributed by atoms with Crippen molar-refractivity contribution in [3.05, 3.63) is 40.5 Å². The van der Waals surface area contributed by atoms with E-state index in [2.05, 4.69) is 64.2 Å². The summed E-state index contributed by atoms with van der Waals surface area (Å²) in [4.78, 5) is 0. The van der Waals surface area contributed by atoms with E-state index in [0.717, 1.165) is 13.1 Å². The quantitative estimate of drug-likeness (QED) is 0.735. The summed E-state index contributed by atoms with van der Waals surface area (Å²) in [7, 11) is 0. The maximum atomic E-state index is 3.51. The van der Waals surface area contributed by atoms with Crippen molar-refractivity contribution in [3.8, 4) is 0 Å². The molecule has 1 heteroatoms. The van der Waals surface area contributed by atoms with E-state index in [0.29, 0.717) is 5.92 Å². The molecule has 0 spiro atoms. The van der Waals surface area contributed by atoms with Crippen LogP contribution in [0.1, 0.15) is 43.9 Å². The van der Waals surface area contributed by atoms with Crippen LogP contribution in [-0.2, 0) is 0 Å². The molecule has 1 N–H and O–H groups in total. The highest BCUT2D eigenvalue weighted by Crippen LogP contribution is 2.20. The first-order valence-electron chi connectivity index (χ1n) is 7.03. The van der Waals surface area contributed by atoms with Crippen LogP contribution in [0, 0.1) is 19.8 Å². The Bertz CT molecular complexity index is 382. The molecule has 0 aromatic heterocycles. The number of nitrogens with one attached hydrogen (secondary N) is 1. The van der Waals surface area contributed by atoms with Crippen LogP contribution in [0.25, 0.3) is 6.08 Å². The summed E-state index contributed by atoms with van der Waals surface area (Å²) >= 11 is 0. The number of hydrogen-bond donors (Lipinski definition) is 1. The molecule has 0 bridgehead atoms. The van der Waals surface area contributed by atoms with E-state index in [-0.39, 0.29) is 0 Å². The molecule has 100 valence electrons. The van der Waals surface area contributed by atoms with Gasteiger partial charge in [-0.15, -0.1) is 0 Å². The molecule has 0 unspecified atom stereocenters. The topological polar surface area (TPSA) is 12.0 Å². The van der Waals surface area contributed by atoms with Gasteiger partial charge < -0.3 is 5.32 Å². The van der Waals surface area contributed by atoms with Crippen molar-refractivity contribution in [3.63, 3.8) is 0 Å². The van der Waals surface area contributed by atoms with E-state index in [4.69, 9.17) is 0 Å². The normalized spacial score (nSPS) is 12.2.